The van der Waals surface area contributed by atoms with Crippen molar-refractivity contribution in [2.24, 2.45) is 5.10 Å². The number of nitrogens with one attached hydrogen (secondary N) is 1. The van der Waals surface area contributed by atoms with Gasteiger partial charge in [-0.3, -0.25) is 0 Å². The Morgan fingerprint density at radius 3 is 2.64 bits per heavy atom. The van der Waals surface area contributed by atoms with Gasteiger partial charge in [0.05, 0.1) is 16.3 Å². The second kappa shape index (κ2) is 7.97. The van der Waals surface area contributed by atoms with Gasteiger partial charge in [0.2, 0.25) is 4.77 Å². The zero-order valence-corrected chi connectivity index (χ0v) is 15.7. The Kier molecular flexibility index (Phi) is 5.71. The third-order valence-corrected chi connectivity index (χ3v) is 4.24. The molecule has 0 fully saturated rings. The summed E-state index contributed by atoms with van der Waals surface area (Å²) in [5.74, 6) is 0.465. The molecule has 0 spiro atoms. The van der Waals surface area contributed by atoms with Crippen LogP contribution in [0, 0.1) is 4.77 Å². The van der Waals surface area contributed by atoms with E-state index in [9.17, 15) is 0 Å². The van der Waals surface area contributed by atoms with E-state index in [2.05, 4.69) is 15.3 Å². The van der Waals surface area contributed by atoms with Crippen LogP contribution in [0.5, 0.6) is 0 Å². The number of aromatic nitrogens is 3. The molecule has 0 unspecified atom stereocenters. The summed E-state index contributed by atoms with van der Waals surface area (Å²) < 4.78 is 1.77. The molecule has 0 aliphatic rings. The van der Waals surface area contributed by atoms with Gasteiger partial charge in [0.25, 0.3) is 0 Å². The molecule has 0 aliphatic heterocycles. The van der Waals surface area contributed by atoms with E-state index in [1.165, 1.54) is 10.9 Å². The van der Waals surface area contributed by atoms with Crippen LogP contribution in [0.4, 0.5) is 0 Å². The molecular weight excluding hydrogens is 399 g/mol. The van der Waals surface area contributed by atoms with Crippen molar-refractivity contribution < 1.29 is 0 Å². The number of nitrogens with zero attached hydrogens (tertiary/aromatic N) is 3. The Hall–Kier alpha value is -1.92. The van der Waals surface area contributed by atoms with Crippen molar-refractivity contribution >= 4 is 59.3 Å². The zero-order valence-electron chi connectivity index (χ0n) is 12.7. The lowest BCUT2D eigenvalue weighted by Gasteiger charge is -2.03. The fourth-order valence-electron chi connectivity index (χ4n) is 2.10. The third kappa shape index (κ3) is 4.38. The number of halogens is 3. The van der Waals surface area contributed by atoms with Crippen molar-refractivity contribution in [2.75, 3.05) is 0 Å². The van der Waals surface area contributed by atoms with Crippen molar-refractivity contribution in [1.29, 1.82) is 0 Å². The summed E-state index contributed by atoms with van der Waals surface area (Å²) in [6, 6.07) is 14.8. The quantitative estimate of drug-likeness (QED) is 0.422. The van der Waals surface area contributed by atoms with Gasteiger partial charge >= 0.3 is 0 Å². The number of hydrogen-bond acceptors (Lipinski definition) is 3. The van der Waals surface area contributed by atoms with Crippen molar-refractivity contribution in [1.82, 2.24) is 14.9 Å². The average Bonchev–Trinajstić information content (AvgIpc) is 2.94. The third-order valence-electron chi connectivity index (χ3n) is 3.22. The first kappa shape index (κ1) is 17.9. The van der Waals surface area contributed by atoms with E-state index in [0.717, 1.165) is 5.56 Å². The average molecular weight is 410 g/mol. The van der Waals surface area contributed by atoms with Crippen LogP contribution in [-0.2, 0) is 0 Å². The maximum absolute atomic E-state index is 6.24. The molecule has 0 saturated carbocycles. The largest absolute Gasteiger partial charge is 0.250 e. The van der Waals surface area contributed by atoms with Gasteiger partial charge in [-0.2, -0.15) is 14.9 Å². The number of hydrogen-bond donors (Lipinski definition) is 1. The van der Waals surface area contributed by atoms with Gasteiger partial charge in [0.15, 0.2) is 5.82 Å². The smallest absolute Gasteiger partial charge is 0.216 e. The Bertz CT molecular complexity index is 1010. The minimum Gasteiger partial charge on any atom is -0.250 e. The van der Waals surface area contributed by atoms with Gasteiger partial charge in [-0.25, -0.2) is 5.10 Å². The number of benzene rings is 2. The fourth-order valence-corrected chi connectivity index (χ4v) is 2.94. The van der Waals surface area contributed by atoms with Crippen molar-refractivity contribution in [3.8, 4) is 11.4 Å². The minimum absolute atomic E-state index is 0.321. The van der Waals surface area contributed by atoms with Gasteiger partial charge in [-0.05, 0) is 42.1 Å². The number of rotatable bonds is 4. The lowest BCUT2D eigenvalue weighted by Crippen LogP contribution is -1.95. The van der Waals surface area contributed by atoms with Crippen molar-refractivity contribution in [3.05, 3.63) is 73.9 Å². The van der Waals surface area contributed by atoms with E-state index in [0.29, 0.717) is 31.2 Å². The highest BCUT2D eigenvalue weighted by atomic mass is 35.5. The molecule has 3 aromatic rings. The van der Waals surface area contributed by atoms with E-state index in [-0.39, 0.29) is 0 Å². The Morgan fingerprint density at radius 1 is 1.16 bits per heavy atom. The maximum atomic E-state index is 6.24. The van der Waals surface area contributed by atoms with Gasteiger partial charge < -0.3 is 0 Å². The molecule has 1 heterocycles. The summed E-state index contributed by atoms with van der Waals surface area (Å²) >= 11 is 23.6. The molecule has 0 aliphatic carbocycles. The van der Waals surface area contributed by atoms with Gasteiger partial charge in [0.1, 0.15) is 0 Å². The highest BCUT2D eigenvalue weighted by Gasteiger charge is 2.12. The molecule has 2 aromatic carbocycles. The minimum atomic E-state index is 0.321. The molecule has 0 atom stereocenters. The van der Waals surface area contributed by atoms with Crippen LogP contribution < -0.4 is 0 Å². The number of aromatic amines is 1. The summed E-state index contributed by atoms with van der Waals surface area (Å²) in [4.78, 5) is 0. The molecule has 4 nitrogen and oxygen atoms in total. The van der Waals surface area contributed by atoms with Crippen LogP contribution in [0.3, 0.4) is 0 Å². The highest BCUT2D eigenvalue weighted by molar-refractivity contribution is 7.71. The Morgan fingerprint density at radius 2 is 1.92 bits per heavy atom. The lowest BCUT2D eigenvalue weighted by atomic mass is 10.2. The molecular formula is C17H11Cl3N4S. The summed E-state index contributed by atoms with van der Waals surface area (Å²) in [6.45, 7) is 0. The first-order chi connectivity index (χ1) is 12.0. The summed E-state index contributed by atoms with van der Waals surface area (Å²) in [5.41, 5.74) is 1.62. The van der Waals surface area contributed by atoms with Crippen LogP contribution >= 0.6 is 47.0 Å². The molecule has 25 heavy (non-hydrogen) atoms. The Labute approximate surface area is 164 Å². The lowest BCUT2D eigenvalue weighted by molar-refractivity contribution is 0.872. The second-order valence-corrected chi connectivity index (χ2v) is 6.64. The molecule has 0 radical (unpaired) electrons. The maximum Gasteiger partial charge on any atom is 0.216 e. The topological polar surface area (TPSA) is 46.0 Å². The second-order valence-electron chi connectivity index (χ2n) is 4.97. The molecule has 1 N–H and O–H groups in total. The summed E-state index contributed by atoms with van der Waals surface area (Å²) in [6.07, 6.45) is 3.29. The molecule has 8 heteroatoms. The Balaban J connectivity index is 1.95. The molecule has 1 aromatic heterocycles. The molecule has 0 amide bonds. The molecule has 0 saturated heterocycles. The van der Waals surface area contributed by atoms with Crippen LogP contribution in [0.1, 0.15) is 5.56 Å². The van der Waals surface area contributed by atoms with E-state index < -0.39 is 0 Å². The normalized spacial score (nSPS) is 12.0. The fraction of sp³-hybridized carbons (Fsp3) is 0. The SMILES string of the molecule is S=c1[nH]nc(-c2ccc(Cl)cc2Cl)n1/N=C/C(Cl)=C/c1ccccc1. The highest BCUT2D eigenvalue weighted by Crippen LogP contribution is 2.29. The number of allylic oxidation sites excluding steroid dienone is 1. The van der Waals surface area contributed by atoms with Crippen LogP contribution in [0.2, 0.25) is 10.0 Å². The van der Waals surface area contributed by atoms with Crippen LogP contribution in [0.25, 0.3) is 17.5 Å². The van der Waals surface area contributed by atoms with Crippen molar-refractivity contribution in [3.63, 3.8) is 0 Å². The number of H-pyrrole nitrogens is 1. The van der Waals surface area contributed by atoms with E-state index in [4.69, 9.17) is 47.0 Å². The molecule has 126 valence electrons. The monoisotopic (exact) mass is 408 g/mol. The first-order valence-corrected chi connectivity index (χ1v) is 8.68. The van der Waals surface area contributed by atoms with E-state index in [1.54, 1.807) is 24.3 Å². The standard InChI is InChI=1S/C17H11Cl3N4S/c18-12-6-7-14(15(20)9-12)16-22-23-17(25)24(16)21-10-13(19)8-11-4-2-1-3-5-11/h1-10H,(H,23,25)/b13-8-,21-10+. The van der Waals surface area contributed by atoms with E-state index in [1.807, 2.05) is 30.3 Å². The van der Waals surface area contributed by atoms with Crippen molar-refractivity contribution in [2.45, 2.75) is 0 Å². The zero-order chi connectivity index (χ0) is 17.8. The van der Waals surface area contributed by atoms with Gasteiger partial charge in [-0.15, -0.1) is 0 Å². The predicted octanol–water partition coefficient (Wildman–Crippen LogP) is 6.03. The van der Waals surface area contributed by atoms with Crippen LogP contribution in [0.15, 0.2) is 58.7 Å². The molecule has 0 bridgehead atoms. The molecule has 3 rings (SSSR count). The van der Waals surface area contributed by atoms with Gasteiger partial charge in [-0.1, -0.05) is 65.1 Å². The summed E-state index contributed by atoms with van der Waals surface area (Å²) in [5, 5.41) is 12.6. The van der Waals surface area contributed by atoms with Gasteiger partial charge in [0, 0.05) is 10.6 Å². The van der Waals surface area contributed by atoms with Crippen LogP contribution in [-0.4, -0.2) is 21.1 Å². The predicted molar refractivity (Wildman–Crippen MR) is 107 cm³/mol. The summed E-state index contributed by atoms with van der Waals surface area (Å²) in [7, 11) is 0. The van der Waals surface area contributed by atoms with E-state index >= 15 is 0 Å². The first-order valence-electron chi connectivity index (χ1n) is 7.14.